The standard InChI is InChI=1S/C14H7Br4ClF3N3/c15-11(16)2-10-7(8-3-13(8,17)18)5-25(24-10)12-9(19)1-6(4-23-12)14(20,21)22/h1-2,4-5,8H,3H2. The third-order valence-electron chi connectivity index (χ3n) is 3.59. The Morgan fingerprint density at radius 2 is 2.00 bits per heavy atom. The summed E-state index contributed by atoms with van der Waals surface area (Å²) < 4.78 is 40.2. The van der Waals surface area contributed by atoms with Crippen LogP contribution in [0.4, 0.5) is 13.2 Å². The third kappa shape index (κ3) is 4.34. The number of rotatable bonds is 3. The van der Waals surface area contributed by atoms with Gasteiger partial charge < -0.3 is 0 Å². The second kappa shape index (κ2) is 6.92. The van der Waals surface area contributed by atoms with Crippen molar-refractivity contribution in [3.63, 3.8) is 0 Å². The Balaban J connectivity index is 2.05. The number of hydrogen-bond donors (Lipinski definition) is 0. The molecule has 1 aliphatic carbocycles. The van der Waals surface area contributed by atoms with Crippen molar-refractivity contribution in [3.05, 3.63) is 43.7 Å². The van der Waals surface area contributed by atoms with Gasteiger partial charge in [0.05, 0.1) is 22.9 Å². The van der Waals surface area contributed by atoms with Crippen LogP contribution in [-0.2, 0) is 6.18 Å². The molecule has 3 nitrogen and oxygen atoms in total. The summed E-state index contributed by atoms with van der Waals surface area (Å²) in [5.74, 6) is 0.303. The van der Waals surface area contributed by atoms with Crippen LogP contribution >= 0.6 is 75.3 Å². The summed E-state index contributed by atoms with van der Waals surface area (Å²) in [7, 11) is 0. The average Bonchev–Trinajstić information content (AvgIpc) is 2.90. The van der Waals surface area contributed by atoms with E-state index in [4.69, 9.17) is 11.6 Å². The molecule has 1 fully saturated rings. The van der Waals surface area contributed by atoms with Gasteiger partial charge in [-0.1, -0.05) is 43.5 Å². The molecule has 0 spiro atoms. The monoisotopic (exact) mass is 625 g/mol. The number of nitrogens with zero attached hydrogens (tertiary/aromatic N) is 3. The van der Waals surface area contributed by atoms with Crippen molar-refractivity contribution in [1.82, 2.24) is 14.8 Å². The molecule has 0 bridgehead atoms. The highest BCUT2D eigenvalue weighted by Crippen LogP contribution is 2.62. The molecule has 0 aromatic carbocycles. The van der Waals surface area contributed by atoms with Crippen molar-refractivity contribution < 1.29 is 13.2 Å². The lowest BCUT2D eigenvalue weighted by atomic mass is 10.1. The SMILES string of the molecule is FC(F)(F)c1cnc(-n2cc(C3CC3(Br)Br)c(C=C(Br)Br)n2)c(Cl)c1. The molecule has 1 unspecified atom stereocenters. The molecular formula is C14H7Br4ClF3N3. The minimum atomic E-state index is -4.50. The van der Waals surface area contributed by atoms with Crippen molar-refractivity contribution >= 4 is 81.4 Å². The minimum absolute atomic E-state index is 0.128. The molecule has 0 radical (unpaired) electrons. The van der Waals surface area contributed by atoms with E-state index in [-0.39, 0.29) is 20.0 Å². The van der Waals surface area contributed by atoms with E-state index in [2.05, 4.69) is 73.8 Å². The Morgan fingerprint density at radius 3 is 2.48 bits per heavy atom. The molecular weight excluding hydrogens is 622 g/mol. The van der Waals surface area contributed by atoms with Crippen LogP contribution in [0, 0.1) is 0 Å². The van der Waals surface area contributed by atoms with Gasteiger partial charge in [0.2, 0.25) is 0 Å². The Hall–Kier alpha value is 0.100. The Morgan fingerprint density at radius 1 is 1.36 bits per heavy atom. The van der Waals surface area contributed by atoms with Gasteiger partial charge in [-0.25, -0.2) is 9.67 Å². The van der Waals surface area contributed by atoms with E-state index in [1.165, 1.54) is 4.68 Å². The van der Waals surface area contributed by atoms with Gasteiger partial charge in [-0.05, 0) is 50.4 Å². The van der Waals surface area contributed by atoms with Gasteiger partial charge in [-0.3, -0.25) is 0 Å². The maximum atomic E-state index is 12.8. The number of halogens is 8. The molecule has 0 saturated heterocycles. The van der Waals surface area contributed by atoms with Crippen LogP contribution in [0.1, 0.15) is 29.2 Å². The van der Waals surface area contributed by atoms with Gasteiger partial charge in [0, 0.05) is 23.9 Å². The Bertz CT molecular complexity index is 859. The normalized spacial score (nSPS) is 19.0. The van der Waals surface area contributed by atoms with Gasteiger partial charge in [0.25, 0.3) is 0 Å². The summed E-state index contributed by atoms with van der Waals surface area (Å²) in [5, 5.41) is 4.28. The van der Waals surface area contributed by atoms with Crippen molar-refractivity contribution in [1.29, 1.82) is 0 Å². The predicted molar refractivity (Wildman–Crippen MR) is 105 cm³/mol. The van der Waals surface area contributed by atoms with E-state index in [1.807, 2.05) is 0 Å². The Labute approximate surface area is 179 Å². The molecule has 2 aromatic heterocycles. The van der Waals surface area contributed by atoms with Gasteiger partial charge in [0.15, 0.2) is 5.82 Å². The summed E-state index contributed by atoms with van der Waals surface area (Å²) in [5.41, 5.74) is 0.675. The largest absolute Gasteiger partial charge is 0.417 e. The van der Waals surface area contributed by atoms with E-state index in [0.717, 1.165) is 24.2 Å². The van der Waals surface area contributed by atoms with Crippen LogP contribution in [0.15, 0.2) is 21.9 Å². The fraction of sp³-hybridized carbons (Fsp3) is 0.286. The molecule has 134 valence electrons. The number of pyridine rings is 1. The summed E-state index contributed by atoms with van der Waals surface area (Å²) in [6, 6.07) is 0.845. The first-order chi connectivity index (χ1) is 11.5. The molecule has 0 N–H and O–H groups in total. The molecule has 2 heterocycles. The number of aromatic nitrogens is 3. The van der Waals surface area contributed by atoms with Crippen molar-refractivity contribution in [3.8, 4) is 5.82 Å². The van der Waals surface area contributed by atoms with Crippen LogP contribution in [0.25, 0.3) is 11.9 Å². The predicted octanol–water partition coefficient (Wildman–Crippen LogP) is 7.00. The fourth-order valence-electron chi connectivity index (χ4n) is 2.30. The first-order valence-corrected chi connectivity index (χ1v) is 10.3. The zero-order chi connectivity index (χ0) is 18.6. The molecule has 11 heteroatoms. The van der Waals surface area contributed by atoms with Crippen molar-refractivity contribution in [2.24, 2.45) is 0 Å². The Kier molecular flexibility index (Phi) is 5.50. The second-order valence-electron chi connectivity index (χ2n) is 5.39. The molecule has 1 aliphatic rings. The van der Waals surface area contributed by atoms with Gasteiger partial charge in [-0.2, -0.15) is 18.3 Å². The van der Waals surface area contributed by atoms with E-state index in [9.17, 15) is 13.2 Å². The van der Waals surface area contributed by atoms with Crippen LogP contribution in [0.3, 0.4) is 0 Å². The highest BCUT2D eigenvalue weighted by atomic mass is 79.9. The lowest BCUT2D eigenvalue weighted by Gasteiger charge is -2.08. The zero-order valence-electron chi connectivity index (χ0n) is 12.0. The molecule has 0 amide bonds. The molecule has 0 aliphatic heterocycles. The summed E-state index contributed by atoms with van der Waals surface area (Å²) in [6.07, 6.45) is 0.588. The van der Waals surface area contributed by atoms with Crippen molar-refractivity contribution in [2.45, 2.75) is 21.7 Å². The number of alkyl halides is 5. The lowest BCUT2D eigenvalue weighted by molar-refractivity contribution is -0.137. The van der Waals surface area contributed by atoms with E-state index >= 15 is 0 Å². The van der Waals surface area contributed by atoms with Gasteiger partial charge in [0.1, 0.15) is 0 Å². The van der Waals surface area contributed by atoms with Crippen LogP contribution in [0.5, 0.6) is 0 Å². The smallest absolute Gasteiger partial charge is 0.235 e. The average molecular weight is 629 g/mol. The van der Waals surface area contributed by atoms with Crippen LogP contribution in [0.2, 0.25) is 5.02 Å². The van der Waals surface area contributed by atoms with Gasteiger partial charge >= 0.3 is 6.18 Å². The highest BCUT2D eigenvalue weighted by Gasteiger charge is 2.52. The maximum Gasteiger partial charge on any atom is 0.417 e. The van der Waals surface area contributed by atoms with Crippen molar-refractivity contribution in [2.75, 3.05) is 0 Å². The van der Waals surface area contributed by atoms with Gasteiger partial charge in [-0.15, -0.1) is 0 Å². The summed E-state index contributed by atoms with van der Waals surface area (Å²) >= 11 is 19.7. The first-order valence-electron chi connectivity index (χ1n) is 6.72. The summed E-state index contributed by atoms with van der Waals surface area (Å²) in [4.78, 5) is 3.85. The second-order valence-corrected chi connectivity index (χ2v) is 12.5. The zero-order valence-corrected chi connectivity index (χ0v) is 19.1. The molecule has 2 aromatic rings. The molecule has 1 atom stereocenters. The summed E-state index contributed by atoms with van der Waals surface area (Å²) in [6.45, 7) is 0. The molecule has 3 rings (SSSR count). The van der Waals surface area contributed by atoms with Crippen LogP contribution < -0.4 is 0 Å². The quantitative estimate of drug-likeness (QED) is 0.343. The third-order valence-corrected chi connectivity index (χ3v) is 6.07. The fourth-order valence-corrected chi connectivity index (χ4v) is 4.13. The van der Waals surface area contributed by atoms with E-state index in [0.29, 0.717) is 9.09 Å². The van der Waals surface area contributed by atoms with E-state index in [1.54, 1.807) is 12.3 Å². The topological polar surface area (TPSA) is 30.7 Å². The van der Waals surface area contributed by atoms with Crippen LogP contribution in [-0.4, -0.2) is 18.0 Å². The minimum Gasteiger partial charge on any atom is -0.235 e. The lowest BCUT2D eigenvalue weighted by Crippen LogP contribution is -2.08. The van der Waals surface area contributed by atoms with E-state index < -0.39 is 11.7 Å². The molecule has 1 saturated carbocycles. The first kappa shape index (κ1) is 19.9. The number of hydrogen-bond acceptors (Lipinski definition) is 2. The highest BCUT2D eigenvalue weighted by molar-refractivity contribution is 9.28. The molecule has 25 heavy (non-hydrogen) atoms. The maximum absolute atomic E-state index is 12.8.